The standard InChI is InChI=1S/C17H28N4O2/c1-12-15(13(2)20-19-12)11-18-10-14-6-8-21(9-7-14)16(22)23-17(3,4)5/h6,18H,7-11H2,1-5H3,(H,19,20). The SMILES string of the molecule is Cc1n[nH]c(C)c1CNCC1=CCN(C(=O)OC(C)(C)C)CC1. The number of aromatic nitrogens is 2. The lowest BCUT2D eigenvalue weighted by Gasteiger charge is -2.29. The molecule has 0 spiro atoms. The molecular formula is C17H28N4O2. The summed E-state index contributed by atoms with van der Waals surface area (Å²) in [5.74, 6) is 0. The van der Waals surface area contributed by atoms with Crippen LogP contribution >= 0.6 is 0 Å². The van der Waals surface area contributed by atoms with Gasteiger partial charge in [-0.2, -0.15) is 5.10 Å². The van der Waals surface area contributed by atoms with E-state index in [2.05, 4.69) is 21.6 Å². The first-order valence-electron chi connectivity index (χ1n) is 8.13. The minimum absolute atomic E-state index is 0.231. The number of ether oxygens (including phenoxy) is 1. The highest BCUT2D eigenvalue weighted by atomic mass is 16.6. The van der Waals surface area contributed by atoms with Crippen LogP contribution in [0.1, 0.15) is 44.1 Å². The summed E-state index contributed by atoms with van der Waals surface area (Å²) in [4.78, 5) is 13.8. The van der Waals surface area contributed by atoms with Crippen molar-refractivity contribution in [3.63, 3.8) is 0 Å². The zero-order valence-corrected chi connectivity index (χ0v) is 14.8. The topological polar surface area (TPSA) is 70.2 Å². The molecule has 1 amide bonds. The van der Waals surface area contributed by atoms with E-state index < -0.39 is 5.60 Å². The van der Waals surface area contributed by atoms with Crippen LogP contribution in [0.2, 0.25) is 0 Å². The zero-order valence-electron chi connectivity index (χ0n) is 14.8. The summed E-state index contributed by atoms with van der Waals surface area (Å²) in [6.45, 7) is 12.7. The number of aromatic amines is 1. The molecule has 1 aromatic heterocycles. The average molecular weight is 320 g/mol. The molecule has 2 N–H and O–H groups in total. The Hall–Kier alpha value is -1.82. The molecule has 128 valence electrons. The first-order chi connectivity index (χ1) is 10.8. The molecule has 6 heteroatoms. The summed E-state index contributed by atoms with van der Waals surface area (Å²) >= 11 is 0. The van der Waals surface area contributed by atoms with Crippen LogP contribution in [0, 0.1) is 13.8 Å². The van der Waals surface area contributed by atoms with Gasteiger partial charge in [-0.05, 0) is 41.0 Å². The maximum atomic E-state index is 12.0. The minimum atomic E-state index is -0.442. The molecule has 0 radical (unpaired) electrons. The number of rotatable bonds is 4. The van der Waals surface area contributed by atoms with Crippen molar-refractivity contribution < 1.29 is 9.53 Å². The largest absolute Gasteiger partial charge is 0.444 e. The van der Waals surface area contributed by atoms with E-state index in [1.54, 1.807) is 4.90 Å². The lowest BCUT2D eigenvalue weighted by atomic mass is 10.1. The number of carbonyl (C=O) groups excluding carboxylic acids is 1. The van der Waals surface area contributed by atoms with Gasteiger partial charge in [0.2, 0.25) is 0 Å². The first-order valence-corrected chi connectivity index (χ1v) is 8.13. The molecule has 0 unspecified atom stereocenters. The molecule has 1 aromatic rings. The molecule has 0 fully saturated rings. The quantitative estimate of drug-likeness (QED) is 0.837. The normalized spacial score (nSPS) is 15.5. The summed E-state index contributed by atoms with van der Waals surface area (Å²) in [5, 5.41) is 10.7. The fourth-order valence-electron chi connectivity index (χ4n) is 2.55. The molecule has 0 atom stereocenters. The fraction of sp³-hybridized carbons (Fsp3) is 0.647. The Balaban J connectivity index is 1.78. The number of hydrogen-bond acceptors (Lipinski definition) is 4. The summed E-state index contributed by atoms with van der Waals surface area (Å²) in [6.07, 6.45) is 2.77. The van der Waals surface area contributed by atoms with Gasteiger partial charge in [-0.3, -0.25) is 5.10 Å². The predicted molar refractivity (Wildman–Crippen MR) is 90.3 cm³/mol. The van der Waals surface area contributed by atoms with E-state index in [1.807, 2.05) is 34.6 Å². The van der Waals surface area contributed by atoms with E-state index >= 15 is 0 Å². The Bertz CT molecular complexity index is 564. The summed E-state index contributed by atoms with van der Waals surface area (Å²) in [5.41, 5.74) is 4.29. The van der Waals surface area contributed by atoms with Crippen LogP contribution in [0.3, 0.4) is 0 Å². The van der Waals surface area contributed by atoms with Crippen molar-refractivity contribution in [3.8, 4) is 0 Å². The third-order valence-corrected chi connectivity index (χ3v) is 3.89. The van der Waals surface area contributed by atoms with Gasteiger partial charge in [0.15, 0.2) is 0 Å². The smallest absolute Gasteiger partial charge is 0.410 e. The van der Waals surface area contributed by atoms with Gasteiger partial charge in [0.25, 0.3) is 0 Å². The second kappa shape index (κ2) is 7.17. The van der Waals surface area contributed by atoms with Crippen molar-refractivity contribution in [2.75, 3.05) is 19.6 Å². The molecule has 0 aliphatic carbocycles. The van der Waals surface area contributed by atoms with Gasteiger partial charge in [0.05, 0.1) is 5.69 Å². The van der Waals surface area contributed by atoms with Crippen molar-refractivity contribution in [1.29, 1.82) is 0 Å². The molecule has 0 aromatic carbocycles. The Morgan fingerprint density at radius 2 is 2.13 bits per heavy atom. The first kappa shape index (κ1) is 17.5. The van der Waals surface area contributed by atoms with Crippen LogP contribution in [0.25, 0.3) is 0 Å². The molecule has 2 heterocycles. The lowest BCUT2D eigenvalue weighted by molar-refractivity contribution is 0.0265. The second-order valence-electron chi connectivity index (χ2n) is 7.05. The molecule has 2 rings (SSSR count). The molecular weight excluding hydrogens is 292 g/mol. The molecule has 1 aliphatic heterocycles. The third-order valence-electron chi connectivity index (χ3n) is 3.89. The highest BCUT2D eigenvalue weighted by molar-refractivity contribution is 5.68. The van der Waals surface area contributed by atoms with Crippen molar-refractivity contribution in [2.24, 2.45) is 0 Å². The van der Waals surface area contributed by atoms with Crippen molar-refractivity contribution in [1.82, 2.24) is 20.4 Å². The van der Waals surface area contributed by atoms with Gasteiger partial charge in [0.1, 0.15) is 5.60 Å². The highest BCUT2D eigenvalue weighted by Crippen LogP contribution is 2.15. The van der Waals surface area contributed by atoms with Gasteiger partial charge >= 0.3 is 6.09 Å². The Kier molecular flexibility index (Phi) is 5.46. The average Bonchev–Trinajstić information content (AvgIpc) is 2.78. The van der Waals surface area contributed by atoms with Crippen LogP contribution < -0.4 is 5.32 Å². The Labute approximate surface area is 138 Å². The molecule has 23 heavy (non-hydrogen) atoms. The fourth-order valence-corrected chi connectivity index (χ4v) is 2.55. The summed E-state index contributed by atoms with van der Waals surface area (Å²) < 4.78 is 5.40. The van der Waals surface area contributed by atoms with Gasteiger partial charge in [-0.1, -0.05) is 11.6 Å². The second-order valence-corrected chi connectivity index (χ2v) is 7.05. The van der Waals surface area contributed by atoms with E-state index in [1.165, 1.54) is 11.1 Å². The molecule has 1 aliphatic rings. The zero-order chi connectivity index (χ0) is 17.0. The van der Waals surface area contributed by atoms with E-state index in [9.17, 15) is 4.79 Å². The minimum Gasteiger partial charge on any atom is -0.444 e. The Morgan fingerprint density at radius 1 is 1.39 bits per heavy atom. The van der Waals surface area contributed by atoms with Gasteiger partial charge in [-0.25, -0.2) is 4.79 Å². The maximum Gasteiger partial charge on any atom is 0.410 e. The number of amides is 1. The van der Waals surface area contributed by atoms with Crippen LogP contribution in [0.4, 0.5) is 4.79 Å². The van der Waals surface area contributed by atoms with Crippen molar-refractivity contribution in [3.05, 3.63) is 28.6 Å². The van der Waals surface area contributed by atoms with Gasteiger partial charge in [0, 0.05) is 37.4 Å². The van der Waals surface area contributed by atoms with E-state index in [0.29, 0.717) is 13.1 Å². The highest BCUT2D eigenvalue weighted by Gasteiger charge is 2.23. The lowest BCUT2D eigenvalue weighted by Crippen LogP contribution is -2.39. The van der Waals surface area contributed by atoms with Crippen LogP contribution in [-0.4, -0.2) is 46.4 Å². The van der Waals surface area contributed by atoms with E-state index in [0.717, 1.165) is 30.9 Å². The Morgan fingerprint density at radius 3 is 2.65 bits per heavy atom. The van der Waals surface area contributed by atoms with Crippen molar-refractivity contribution >= 4 is 6.09 Å². The van der Waals surface area contributed by atoms with Crippen LogP contribution in [0.5, 0.6) is 0 Å². The number of aryl methyl sites for hydroxylation is 2. The maximum absolute atomic E-state index is 12.0. The molecule has 0 saturated heterocycles. The summed E-state index contributed by atoms with van der Waals surface area (Å²) in [6, 6.07) is 0. The van der Waals surface area contributed by atoms with Gasteiger partial charge < -0.3 is 15.0 Å². The van der Waals surface area contributed by atoms with Crippen LogP contribution in [0.15, 0.2) is 11.6 Å². The monoisotopic (exact) mass is 320 g/mol. The molecule has 0 bridgehead atoms. The number of nitrogens with one attached hydrogen (secondary N) is 2. The van der Waals surface area contributed by atoms with Crippen molar-refractivity contribution in [2.45, 2.75) is 53.2 Å². The summed E-state index contributed by atoms with van der Waals surface area (Å²) in [7, 11) is 0. The number of H-pyrrole nitrogens is 1. The van der Waals surface area contributed by atoms with Crippen LogP contribution in [-0.2, 0) is 11.3 Å². The molecule has 6 nitrogen and oxygen atoms in total. The predicted octanol–water partition coefficient (Wildman–Crippen LogP) is 2.68. The number of hydrogen-bond donors (Lipinski definition) is 2. The van der Waals surface area contributed by atoms with Gasteiger partial charge in [-0.15, -0.1) is 0 Å². The number of nitrogens with zero attached hydrogens (tertiary/aromatic N) is 2. The molecule has 0 saturated carbocycles. The number of carbonyl (C=O) groups is 1. The van der Waals surface area contributed by atoms with E-state index in [4.69, 9.17) is 4.74 Å². The van der Waals surface area contributed by atoms with E-state index in [-0.39, 0.29) is 6.09 Å². The third kappa shape index (κ3) is 5.10.